The number of aryl methyl sites for hydroxylation is 1. The van der Waals surface area contributed by atoms with Crippen LogP contribution in [0.3, 0.4) is 0 Å². The highest BCUT2D eigenvalue weighted by Gasteiger charge is 2.54. The summed E-state index contributed by atoms with van der Waals surface area (Å²) < 4.78 is 9.49. The van der Waals surface area contributed by atoms with E-state index in [2.05, 4.69) is 91.9 Å². The van der Waals surface area contributed by atoms with E-state index in [9.17, 15) is 4.79 Å². The molecule has 0 aliphatic carbocycles. The topological polar surface area (TPSA) is 70.6 Å². The zero-order valence-corrected chi connectivity index (χ0v) is 24.4. The summed E-state index contributed by atoms with van der Waals surface area (Å²) in [5.41, 5.74) is 18.4. The second kappa shape index (κ2) is 8.89. The van der Waals surface area contributed by atoms with Crippen molar-refractivity contribution in [3.63, 3.8) is 0 Å². The van der Waals surface area contributed by atoms with Gasteiger partial charge in [-0.1, -0.05) is 37.6 Å². The van der Waals surface area contributed by atoms with Gasteiger partial charge in [-0.2, -0.15) is 4.58 Å². The third kappa shape index (κ3) is 3.61. The minimum Gasteiger partial charge on any atom is -0.365 e. The van der Waals surface area contributed by atoms with Crippen molar-refractivity contribution in [2.75, 3.05) is 31.1 Å². The molecule has 40 heavy (non-hydrogen) atoms. The smallest absolute Gasteiger partial charge is 0.224 e. The molecular weight excluding hydrogens is 496 g/mol. The monoisotopic (exact) mass is 537 g/mol. The van der Waals surface area contributed by atoms with E-state index < -0.39 is 0 Å². The number of nitrogens with zero attached hydrogens (tertiary/aromatic N) is 2. The molecule has 6 heteroatoms. The number of nitrogens with one attached hydrogen (secondary N) is 1. The molecule has 0 radical (unpaired) electrons. The van der Waals surface area contributed by atoms with Crippen molar-refractivity contribution in [2.45, 2.75) is 76.9 Å². The van der Waals surface area contributed by atoms with Gasteiger partial charge >= 0.3 is 0 Å². The molecule has 0 spiro atoms. The van der Waals surface area contributed by atoms with Crippen molar-refractivity contribution in [3.05, 3.63) is 81.6 Å². The third-order valence-corrected chi connectivity index (χ3v) is 9.81. The quantitative estimate of drug-likeness (QED) is 0.562. The van der Waals surface area contributed by atoms with Crippen molar-refractivity contribution in [1.82, 2.24) is 5.32 Å². The summed E-state index contributed by atoms with van der Waals surface area (Å²) in [7, 11) is 0. The zero-order chi connectivity index (χ0) is 28.0. The van der Waals surface area contributed by atoms with Gasteiger partial charge in [-0.3, -0.25) is 4.79 Å². The first-order valence-corrected chi connectivity index (χ1v) is 14.9. The molecule has 7 rings (SSSR count). The van der Waals surface area contributed by atoms with E-state index in [4.69, 9.17) is 10.5 Å². The van der Waals surface area contributed by atoms with Gasteiger partial charge in [0.15, 0.2) is 12.3 Å². The van der Waals surface area contributed by atoms with Crippen LogP contribution in [0.5, 0.6) is 0 Å². The lowest BCUT2D eigenvalue weighted by atomic mass is 9.73. The first-order valence-electron chi connectivity index (χ1n) is 14.9. The van der Waals surface area contributed by atoms with Gasteiger partial charge in [0.05, 0.1) is 24.0 Å². The van der Waals surface area contributed by atoms with Crippen LogP contribution < -0.4 is 16.0 Å². The lowest BCUT2D eigenvalue weighted by molar-refractivity contribution is -0.445. The first-order chi connectivity index (χ1) is 19.1. The number of allylic oxidation sites excluding steroid dienone is 1. The molecule has 0 saturated heterocycles. The molecule has 5 heterocycles. The normalized spacial score (nSPS) is 24.9. The number of anilines is 1. The summed E-state index contributed by atoms with van der Waals surface area (Å²) in [5, 5.41) is 2.90. The standard InChI is InChI=1S/C34H40N4O2/c1-20-6-8-26-24(16-20)33(2,3)31-22-19-23-29(40-28(22)10-14-37(26)31)11-15-38-27-9-7-21(18-30(39)36-13-12-35)17-25(27)34(4,5)32(23)38/h6-9,16-17,19,28-29H,10-15,18,35H2,1-5H3/p+1. The second-order valence-corrected chi connectivity index (χ2v) is 13.2. The molecular formula is C34H41N4O2+. The van der Waals surface area contributed by atoms with E-state index in [0.717, 1.165) is 31.5 Å². The van der Waals surface area contributed by atoms with Crippen molar-refractivity contribution < 1.29 is 14.1 Å². The van der Waals surface area contributed by atoms with E-state index in [1.807, 2.05) is 0 Å². The minimum absolute atomic E-state index is 0.0201. The number of hydrogen-bond acceptors (Lipinski definition) is 4. The Morgan fingerprint density at radius 1 is 1.07 bits per heavy atom. The van der Waals surface area contributed by atoms with Gasteiger partial charge < -0.3 is 20.7 Å². The number of ether oxygens (including phenoxy) is 1. The van der Waals surface area contributed by atoms with Crippen LogP contribution in [0, 0.1) is 6.92 Å². The summed E-state index contributed by atoms with van der Waals surface area (Å²) >= 11 is 0. The molecule has 2 unspecified atom stereocenters. The van der Waals surface area contributed by atoms with Crippen molar-refractivity contribution in [3.8, 4) is 0 Å². The average Bonchev–Trinajstić information content (AvgIpc) is 3.30. The third-order valence-electron chi connectivity index (χ3n) is 9.81. The molecule has 2 aromatic rings. The lowest BCUT2D eigenvalue weighted by Crippen LogP contribution is -2.47. The Kier molecular flexibility index (Phi) is 5.72. The number of carbonyl (C=O) groups is 1. The number of carbonyl (C=O) groups excluding carboxylic acids is 1. The lowest BCUT2D eigenvalue weighted by Gasteiger charge is -2.42. The Labute approximate surface area is 237 Å². The van der Waals surface area contributed by atoms with Crippen LogP contribution in [0.1, 0.15) is 62.8 Å². The molecule has 0 fully saturated rings. The fourth-order valence-electron chi connectivity index (χ4n) is 8.02. The van der Waals surface area contributed by atoms with Crippen LogP contribution in [-0.2, 0) is 26.8 Å². The molecule has 0 saturated carbocycles. The van der Waals surface area contributed by atoms with Crippen molar-refractivity contribution in [1.29, 1.82) is 0 Å². The van der Waals surface area contributed by atoms with Crippen LogP contribution in [-0.4, -0.2) is 54.6 Å². The van der Waals surface area contributed by atoms with Gasteiger partial charge in [-0.25, -0.2) is 0 Å². The largest absolute Gasteiger partial charge is 0.365 e. The molecule has 6 nitrogen and oxygen atoms in total. The Bertz CT molecular complexity index is 1540. The van der Waals surface area contributed by atoms with Crippen LogP contribution in [0.15, 0.2) is 59.3 Å². The summed E-state index contributed by atoms with van der Waals surface area (Å²) in [5.74, 6) is 0.0201. The molecule has 1 amide bonds. The Morgan fingerprint density at radius 3 is 2.70 bits per heavy atom. The predicted molar refractivity (Wildman–Crippen MR) is 160 cm³/mol. The molecule has 2 atom stereocenters. The molecule has 5 aliphatic rings. The first kappa shape index (κ1) is 25.7. The van der Waals surface area contributed by atoms with Gasteiger partial charge in [-0.05, 0) is 56.5 Å². The molecule has 5 aliphatic heterocycles. The number of amides is 1. The van der Waals surface area contributed by atoms with Crippen LogP contribution >= 0.6 is 0 Å². The van der Waals surface area contributed by atoms with Crippen LogP contribution in [0.4, 0.5) is 11.4 Å². The minimum atomic E-state index is -0.190. The number of benzene rings is 2. The van der Waals surface area contributed by atoms with Gasteiger partial charge in [0.25, 0.3) is 0 Å². The van der Waals surface area contributed by atoms with E-state index >= 15 is 0 Å². The molecule has 0 aromatic heterocycles. The van der Waals surface area contributed by atoms with E-state index in [1.54, 1.807) is 0 Å². The maximum absolute atomic E-state index is 12.4. The van der Waals surface area contributed by atoms with E-state index in [0.29, 0.717) is 19.5 Å². The summed E-state index contributed by atoms with van der Waals surface area (Å²) in [6.07, 6.45) is 5.15. The summed E-state index contributed by atoms with van der Waals surface area (Å²) in [4.78, 5) is 15.0. The average molecular weight is 538 g/mol. The fourth-order valence-corrected chi connectivity index (χ4v) is 8.02. The van der Waals surface area contributed by atoms with Gasteiger partial charge in [0, 0.05) is 65.6 Å². The number of fused-ring (bicyclic) bond motifs is 8. The second-order valence-electron chi connectivity index (χ2n) is 13.2. The fraction of sp³-hybridized carbons (Fsp3) is 0.471. The van der Waals surface area contributed by atoms with Crippen LogP contribution in [0.25, 0.3) is 0 Å². The van der Waals surface area contributed by atoms with E-state index in [1.165, 1.54) is 50.6 Å². The number of nitrogens with two attached hydrogens (primary N) is 1. The van der Waals surface area contributed by atoms with Gasteiger partial charge in [0.1, 0.15) is 0 Å². The Balaban J connectivity index is 1.31. The maximum Gasteiger partial charge on any atom is 0.224 e. The van der Waals surface area contributed by atoms with Crippen molar-refractivity contribution >= 4 is 23.0 Å². The number of hydrogen-bond donors (Lipinski definition) is 2. The SMILES string of the molecule is Cc1ccc2c(c1)C(C)(C)C1=C3C=C4C5=[N+](CCC4OC3CCN12)c1ccc(CC(=O)NCCN)cc1C5(C)C. The number of rotatable bonds is 4. The molecule has 3 N–H and O–H groups in total. The predicted octanol–water partition coefficient (Wildman–Crippen LogP) is 4.54. The highest BCUT2D eigenvalue weighted by Crippen LogP contribution is 2.54. The highest BCUT2D eigenvalue weighted by molar-refractivity contribution is 6.08. The molecule has 2 aromatic carbocycles. The van der Waals surface area contributed by atoms with Gasteiger partial charge in [0.2, 0.25) is 11.6 Å². The van der Waals surface area contributed by atoms with Crippen LogP contribution in [0.2, 0.25) is 0 Å². The Hall–Kier alpha value is -3.22. The highest BCUT2D eigenvalue weighted by atomic mass is 16.5. The van der Waals surface area contributed by atoms with Gasteiger partial charge in [-0.15, -0.1) is 0 Å². The zero-order valence-electron chi connectivity index (χ0n) is 24.4. The Morgan fingerprint density at radius 2 is 1.90 bits per heavy atom. The molecule has 0 bridgehead atoms. The van der Waals surface area contributed by atoms with Crippen molar-refractivity contribution in [2.24, 2.45) is 5.73 Å². The summed E-state index contributed by atoms with van der Waals surface area (Å²) in [6, 6.07) is 13.5. The molecule has 208 valence electrons. The van der Waals surface area contributed by atoms with E-state index in [-0.39, 0.29) is 28.9 Å². The summed E-state index contributed by atoms with van der Waals surface area (Å²) in [6.45, 7) is 14.5. The maximum atomic E-state index is 12.4.